The van der Waals surface area contributed by atoms with Crippen LogP contribution in [0.25, 0.3) is 0 Å². The first kappa shape index (κ1) is 15.4. The lowest BCUT2D eigenvalue weighted by Crippen LogP contribution is -2.13. The Morgan fingerprint density at radius 1 is 1.19 bits per heavy atom. The molecule has 0 saturated carbocycles. The van der Waals surface area contributed by atoms with Gasteiger partial charge in [-0.2, -0.15) is 0 Å². The van der Waals surface area contributed by atoms with E-state index in [-0.39, 0.29) is 6.04 Å². The second-order valence-electron chi connectivity index (χ2n) is 5.11. The van der Waals surface area contributed by atoms with Gasteiger partial charge in [-0.15, -0.1) is 0 Å². The summed E-state index contributed by atoms with van der Waals surface area (Å²) in [5.41, 5.74) is 1.15. The number of nitrogens with one attached hydrogen (secondary N) is 2. The lowest BCUT2D eigenvalue weighted by Gasteiger charge is -2.17. The highest BCUT2D eigenvalue weighted by Gasteiger charge is 2.14. The van der Waals surface area contributed by atoms with Gasteiger partial charge < -0.3 is 15.1 Å². The number of rotatable bonds is 8. The van der Waals surface area contributed by atoms with Gasteiger partial charge in [-0.3, -0.25) is 0 Å². The standard InChI is InChI=1S/C16H24N4O/c1-4-7-13-15(17-9-5-2)18-11-19-16(13)20-12(3)14-8-6-10-21-14/h6,8,10-12H,4-5,7,9H2,1-3H3,(H2,17,18,19,20). The molecule has 2 rings (SSSR count). The van der Waals surface area contributed by atoms with Crippen LogP contribution in [0, 0.1) is 0 Å². The minimum Gasteiger partial charge on any atom is -0.467 e. The second kappa shape index (κ2) is 7.67. The van der Waals surface area contributed by atoms with Crippen molar-refractivity contribution in [1.82, 2.24) is 9.97 Å². The third-order valence-corrected chi connectivity index (χ3v) is 3.31. The van der Waals surface area contributed by atoms with Gasteiger partial charge in [0.05, 0.1) is 12.3 Å². The Kier molecular flexibility index (Phi) is 5.60. The molecule has 1 atom stereocenters. The SMILES string of the molecule is CCCNc1ncnc(NC(C)c2ccco2)c1CCC. The minimum absolute atomic E-state index is 0.0736. The van der Waals surface area contributed by atoms with Crippen LogP contribution in [0.3, 0.4) is 0 Å². The van der Waals surface area contributed by atoms with Crippen LogP contribution >= 0.6 is 0 Å². The number of anilines is 2. The van der Waals surface area contributed by atoms with Gasteiger partial charge in [0.25, 0.3) is 0 Å². The maximum Gasteiger partial charge on any atom is 0.135 e. The van der Waals surface area contributed by atoms with E-state index in [0.29, 0.717) is 0 Å². The summed E-state index contributed by atoms with van der Waals surface area (Å²) in [6, 6.07) is 3.94. The van der Waals surface area contributed by atoms with Crippen LogP contribution in [-0.4, -0.2) is 16.5 Å². The second-order valence-corrected chi connectivity index (χ2v) is 5.11. The molecule has 2 heterocycles. The van der Waals surface area contributed by atoms with E-state index in [1.165, 1.54) is 0 Å². The van der Waals surface area contributed by atoms with Crippen molar-refractivity contribution in [1.29, 1.82) is 0 Å². The van der Waals surface area contributed by atoms with Gasteiger partial charge in [0.1, 0.15) is 23.7 Å². The van der Waals surface area contributed by atoms with Crippen molar-refractivity contribution in [3.63, 3.8) is 0 Å². The molecule has 0 fully saturated rings. The first-order valence-electron chi connectivity index (χ1n) is 7.63. The van der Waals surface area contributed by atoms with Gasteiger partial charge in [0, 0.05) is 12.1 Å². The summed E-state index contributed by atoms with van der Waals surface area (Å²) >= 11 is 0. The normalized spacial score (nSPS) is 12.1. The quantitative estimate of drug-likeness (QED) is 0.768. The highest BCUT2D eigenvalue weighted by atomic mass is 16.3. The zero-order valence-corrected chi connectivity index (χ0v) is 13.0. The fourth-order valence-electron chi connectivity index (χ4n) is 2.23. The van der Waals surface area contributed by atoms with Crippen molar-refractivity contribution in [2.75, 3.05) is 17.2 Å². The molecule has 1 unspecified atom stereocenters. The molecular weight excluding hydrogens is 264 g/mol. The molecule has 0 aliphatic carbocycles. The molecule has 2 aromatic rings. The predicted molar refractivity (Wildman–Crippen MR) is 85.6 cm³/mol. The Hall–Kier alpha value is -2.04. The van der Waals surface area contributed by atoms with Crippen LogP contribution in [0.2, 0.25) is 0 Å². The molecule has 0 spiro atoms. The summed E-state index contributed by atoms with van der Waals surface area (Å²) < 4.78 is 5.44. The summed E-state index contributed by atoms with van der Waals surface area (Å²) in [5.74, 6) is 2.72. The maximum absolute atomic E-state index is 5.44. The van der Waals surface area contributed by atoms with Gasteiger partial charge in [0.15, 0.2) is 0 Å². The van der Waals surface area contributed by atoms with E-state index in [1.807, 2.05) is 12.1 Å². The first-order chi connectivity index (χ1) is 10.3. The lowest BCUT2D eigenvalue weighted by atomic mass is 10.1. The molecule has 0 saturated heterocycles. The molecule has 0 aliphatic heterocycles. The Bertz CT molecular complexity index is 539. The molecule has 5 nitrogen and oxygen atoms in total. The maximum atomic E-state index is 5.44. The van der Waals surface area contributed by atoms with E-state index >= 15 is 0 Å². The van der Waals surface area contributed by atoms with Crippen molar-refractivity contribution in [3.05, 3.63) is 36.0 Å². The molecule has 21 heavy (non-hydrogen) atoms. The Labute approximate surface area is 126 Å². The monoisotopic (exact) mass is 288 g/mol. The van der Waals surface area contributed by atoms with Gasteiger partial charge in [-0.1, -0.05) is 20.3 Å². The van der Waals surface area contributed by atoms with Crippen molar-refractivity contribution >= 4 is 11.6 Å². The molecule has 2 N–H and O–H groups in total. The van der Waals surface area contributed by atoms with Gasteiger partial charge in [-0.05, 0) is 31.9 Å². The zero-order chi connectivity index (χ0) is 15.1. The fraction of sp³-hybridized carbons (Fsp3) is 0.500. The van der Waals surface area contributed by atoms with E-state index in [2.05, 4.69) is 41.4 Å². The highest BCUT2D eigenvalue weighted by molar-refractivity contribution is 5.58. The van der Waals surface area contributed by atoms with Crippen LogP contribution in [0.1, 0.15) is 51.0 Å². The van der Waals surface area contributed by atoms with Crippen LogP contribution in [-0.2, 0) is 6.42 Å². The summed E-state index contributed by atoms with van der Waals surface area (Å²) in [5, 5.41) is 6.81. The van der Waals surface area contributed by atoms with E-state index in [0.717, 1.165) is 48.8 Å². The Balaban J connectivity index is 2.20. The number of hydrogen-bond donors (Lipinski definition) is 2. The van der Waals surface area contributed by atoms with Crippen molar-refractivity contribution < 1.29 is 4.42 Å². The summed E-state index contributed by atoms with van der Waals surface area (Å²) in [6.07, 6.45) is 6.36. The fourth-order valence-corrected chi connectivity index (χ4v) is 2.23. The van der Waals surface area contributed by atoms with Crippen molar-refractivity contribution in [2.24, 2.45) is 0 Å². The van der Waals surface area contributed by atoms with Crippen molar-refractivity contribution in [2.45, 2.75) is 46.1 Å². The van der Waals surface area contributed by atoms with E-state index in [9.17, 15) is 0 Å². The summed E-state index contributed by atoms with van der Waals surface area (Å²) in [7, 11) is 0. The largest absolute Gasteiger partial charge is 0.467 e. The molecular formula is C16H24N4O. The minimum atomic E-state index is 0.0736. The number of aromatic nitrogens is 2. The summed E-state index contributed by atoms with van der Waals surface area (Å²) in [6.45, 7) is 7.29. The first-order valence-corrected chi connectivity index (χ1v) is 7.63. The molecule has 2 aromatic heterocycles. The van der Waals surface area contributed by atoms with Gasteiger partial charge >= 0.3 is 0 Å². The van der Waals surface area contributed by atoms with Crippen LogP contribution in [0.15, 0.2) is 29.1 Å². The van der Waals surface area contributed by atoms with Gasteiger partial charge in [0.2, 0.25) is 0 Å². The highest BCUT2D eigenvalue weighted by Crippen LogP contribution is 2.25. The molecule has 0 aliphatic rings. The van der Waals surface area contributed by atoms with E-state index < -0.39 is 0 Å². The van der Waals surface area contributed by atoms with Gasteiger partial charge in [-0.25, -0.2) is 9.97 Å². The smallest absolute Gasteiger partial charge is 0.135 e. The Morgan fingerprint density at radius 3 is 2.67 bits per heavy atom. The molecule has 5 heteroatoms. The molecule has 0 aromatic carbocycles. The van der Waals surface area contributed by atoms with E-state index in [1.54, 1.807) is 12.6 Å². The van der Waals surface area contributed by atoms with E-state index in [4.69, 9.17) is 4.42 Å². The molecule has 0 bridgehead atoms. The third kappa shape index (κ3) is 3.97. The lowest BCUT2D eigenvalue weighted by molar-refractivity contribution is 0.490. The predicted octanol–water partition coefficient (Wildman–Crippen LogP) is 4.02. The molecule has 0 amide bonds. The average molecular weight is 288 g/mol. The topological polar surface area (TPSA) is 63.0 Å². The number of furan rings is 1. The molecule has 0 radical (unpaired) electrons. The zero-order valence-electron chi connectivity index (χ0n) is 13.0. The van der Waals surface area contributed by atoms with Crippen LogP contribution in [0.5, 0.6) is 0 Å². The van der Waals surface area contributed by atoms with Crippen LogP contribution < -0.4 is 10.6 Å². The third-order valence-electron chi connectivity index (χ3n) is 3.31. The Morgan fingerprint density at radius 2 is 2.00 bits per heavy atom. The van der Waals surface area contributed by atoms with Crippen molar-refractivity contribution in [3.8, 4) is 0 Å². The average Bonchev–Trinajstić information content (AvgIpc) is 3.02. The molecule has 114 valence electrons. The summed E-state index contributed by atoms with van der Waals surface area (Å²) in [4.78, 5) is 8.79. The number of nitrogens with zero attached hydrogens (tertiary/aromatic N) is 2. The van der Waals surface area contributed by atoms with Crippen LogP contribution in [0.4, 0.5) is 11.6 Å². The number of hydrogen-bond acceptors (Lipinski definition) is 5.